The van der Waals surface area contributed by atoms with Gasteiger partial charge in [-0.15, -0.1) is 0 Å². The Morgan fingerprint density at radius 2 is 1.85 bits per heavy atom. The van der Waals surface area contributed by atoms with E-state index >= 15 is 0 Å². The maximum absolute atomic E-state index is 13.8. The smallest absolute Gasteiger partial charge is 0.259 e. The molecule has 0 unspecified atom stereocenters. The second kappa shape index (κ2) is 10.6. The van der Waals surface area contributed by atoms with Gasteiger partial charge in [-0.05, 0) is 26.2 Å². The van der Waals surface area contributed by atoms with Gasteiger partial charge in [-0.2, -0.15) is 10.2 Å². The second-order valence-electron chi connectivity index (χ2n) is 10.5. The summed E-state index contributed by atoms with van der Waals surface area (Å²) in [7, 11) is 1.88. The summed E-state index contributed by atoms with van der Waals surface area (Å²) in [4.78, 5) is 48.5. The Balaban J connectivity index is 1.35. The lowest BCUT2D eigenvalue weighted by Gasteiger charge is -2.27. The first-order valence-corrected chi connectivity index (χ1v) is 13.8. The maximum Gasteiger partial charge on any atom is 0.259 e. The van der Waals surface area contributed by atoms with E-state index in [1.165, 1.54) is 0 Å². The lowest BCUT2D eigenvalue weighted by atomic mass is 10.1. The van der Waals surface area contributed by atoms with Crippen LogP contribution in [0.25, 0.3) is 17.0 Å². The summed E-state index contributed by atoms with van der Waals surface area (Å²) >= 11 is 0. The first kappa shape index (κ1) is 25.8. The quantitative estimate of drug-likeness (QED) is 0.413. The van der Waals surface area contributed by atoms with Gasteiger partial charge in [0.2, 0.25) is 11.8 Å². The van der Waals surface area contributed by atoms with E-state index in [1.807, 2.05) is 61.3 Å². The molecule has 0 saturated carbocycles. The van der Waals surface area contributed by atoms with Crippen LogP contribution in [0.1, 0.15) is 54.8 Å². The van der Waals surface area contributed by atoms with E-state index in [9.17, 15) is 14.4 Å². The molecule has 2 aliphatic rings. The molecule has 4 aromatic rings. The number of hydrogen-bond donors (Lipinski definition) is 1. The SMILES string of the molecule is C[C@@H]1NC(=O)[C@@H]2CCCN2C(=O)CCCN(C(=O)c2cnn3ccn(C)c23)CCn2nc(-c3ccccc3)nc21. The molecule has 2 atom stereocenters. The van der Waals surface area contributed by atoms with Gasteiger partial charge in [0.15, 0.2) is 5.82 Å². The van der Waals surface area contributed by atoms with Gasteiger partial charge in [0, 0.05) is 51.1 Å². The number of rotatable bonds is 2. The van der Waals surface area contributed by atoms with E-state index in [0.717, 1.165) is 12.0 Å². The number of hydrogen-bond acceptors (Lipinski definition) is 6. The Morgan fingerprint density at radius 1 is 1.02 bits per heavy atom. The van der Waals surface area contributed by atoms with Crippen LogP contribution in [0.5, 0.6) is 0 Å². The Kier molecular flexibility index (Phi) is 6.82. The van der Waals surface area contributed by atoms with Gasteiger partial charge in [-0.3, -0.25) is 14.4 Å². The van der Waals surface area contributed by atoms with E-state index < -0.39 is 12.1 Å². The highest BCUT2D eigenvalue weighted by Gasteiger charge is 2.35. The van der Waals surface area contributed by atoms with Crippen molar-refractivity contribution in [2.75, 3.05) is 19.6 Å². The van der Waals surface area contributed by atoms with Crippen LogP contribution in [0, 0.1) is 0 Å². The molecule has 1 saturated heterocycles. The summed E-state index contributed by atoms with van der Waals surface area (Å²) in [5.41, 5.74) is 2.08. The van der Waals surface area contributed by atoms with Crippen molar-refractivity contribution in [1.29, 1.82) is 0 Å². The van der Waals surface area contributed by atoms with Crippen LogP contribution in [0.15, 0.2) is 48.9 Å². The molecular formula is C28H33N9O3. The molecule has 1 aromatic carbocycles. The van der Waals surface area contributed by atoms with Gasteiger partial charge in [0.1, 0.15) is 23.1 Å². The first-order chi connectivity index (χ1) is 19.4. The number of carbonyl (C=O) groups is 3. The van der Waals surface area contributed by atoms with Crippen molar-refractivity contribution in [3.8, 4) is 11.4 Å². The molecule has 1 N–H and O–H groups in total. The zero-order chi connectivity index (χ0) is 27.8. The predicted octanol–water partition coefficient (Wildman–Crippen LogP) is 2.04. The van der Waals surface area contributed by atoms with E-state index in [-0.39, 0.29) is 24.1 Å². The lowest BCUT2D eigenvalue weighted by molar-refractivity contribution is -0.138. The van der Waals surface area contributed by atoms with Crippen molar-refractivity contribution in [2.24, 2.45) is 7.05 Å². The highest BCUT2D eigenvalue weighted by Crippen LogP contribution is 2.23. The Bertz CT molecular complexity index is 1550. The van der Waals surface area contributed by atoms with Crippen molar-refractivity contribution in [1.82, 2.24) is 44.1 Å². The number of aromatic nitrogens is 6. The summed E-state index contributed by atoms with van der Waals surface area (Å²) < 4.78 is 5.33. The molecule has 6 rings (SSSR count). The number of carbonyl (C=O) groups excluding carboxylic acids is 3. The summed E-state index contributed by atoms with van der Waals surface area (Å²) in [5, 5.41) is 12.2. The van der Waals surface area contributed by atoms with E-state index in [4.69, 9.17) is 10.1 Å². The Labute approximate surface area is 231 Å². The molecule has 0 radical (unpaired) electrons. The van der Waals surface area contributed by atoms with Gasteiger partial charge in [-0.25, -0.2) is 14.2 Å². The monoisotopic (exact) mass is 543 g/mol. The highest BCUT2D eigenvalue weighted by molar-refractivity contribution is 5.99. The lowest BCUT2D eigenvalue weighted by Crippen LogP contribution is -2.47. The van der Waals surface area contributed by atoms with Crippen molar-refractivity contribution in [2.45, 2.75) is 51.2 Å². The van der Waals surface area contributed by atoms with Crippen LogP contribution >= 0.6 is 0 Å². The third-order valence-corrected chi connectivity index (χ3v) is 7.81. The molecule has 5 heterocycles. The number of amides is 3. The molecule has 0 aliphatic carbocycles. The fourth-order valence-corrected chi connectivity index (χ4v) is 5.73. The summed E-state index contributed by atoms with van der Waals surface area (Å²) in [6.07, 6.45) is 7.43. The minimum atomic E-state index is -0.501. The second-order valence-corrected chi connectivity index (χ2v) is 10.5. The third kappa shape index (κ3) is 4.74. The molecule has 0 bridgehead atoms. The van der Waals surface area contributed by atoms with Gasteiger partial charge < -0.3 is 19.7 Å². The minimum absolute atomic E-state index is 0.0559. The predicted molar refractivity (Wildman–Crippen MR) is 146 cm³/mol. The minimum Gasteiger partial charge on any atom is -0.345 e. The van der Waals surface area contributed by atoms with E-state index in [0.29, 0.717) is 61.9 Å². The first-order valence-electron chi connectivity index (χ1n) is 13.8. The summed E-state index contributed by atoms with van der Waals surface area (Å²) in [6, 6.07) is 8.73. The maximum atomic E-state index is 13.8. The third-order valence-electron chi connectivity index (χ3n) is 7.81. The zero-order valence-corrected chi connectivity index (χ0v) is 22.7. The normalized spacial score (nSPS) is 20.8. The molecule has 40 heavy (non-hydrogen) atoms. The molecule has 1 fully saturated rings. The van der Waals surface area contributed by atoms with Crippen LogP contribution in [-0.2, 0) is 23.2 Å². The van der Waals surface area contributed by atoms with Crippen molar-refractivity contribution < 1.29 is 14.4 Å². The van der Waals surface area contributed by atoms with Crippen molar-refractivity contribution >= 4 is 23.4 Å². The number of fused-ring (bicyclic) bond motifs is 3. The molecule has 2 aliphatic heterocycles. The van der Waals surface area contributed by atoms with E-state index in [1.54, 1.807) is 25.2 Å². The number of nitrogens with zero attached hydrogens (tertiary/aromatic N) is 8. The van der Waals surface area contributed by atoms with E-state index in [2.05, 4.69) is 10.4 Å². The summed E-state index contributed by atoms with van der Waals surface area (Å²) in [5.74, 6) is 0.777. The van der Waals surface area contributed by atoms with Crippen molar-refractivity contribution in [3.05, 3.63) is 60.3 Å². The average molecular weight is 544 g/mol. The van der Waals surface area contributed by atoms with Crippen LogP contribution in [0.2, 0.25) is 0 Å². The van der Waals surface area contributed by atoms with Crippen LogP contribution < -0.4 is 5.32 Å². The molecule has 12 heteroatoms. The number of aryl methyl sites for hydroxylation is 1. The number of nitrogens with one attached hydrogen (secondary N) is 1. The van der Waals surface area contributed by atoms with Crippen LogP contribution in [0.4, 0.5) is 0 Å². The summed E-state index contributed by atoms with van der Waals surface area (Å²) in [6.45, 7) is 3.56. The fourth-order valence-electron chi connectivity index (χ4n) is 5.73. The largest absolute Gasteiger partial charge is 0.345 e. The highest BCUT2D eigenvalue weighted by atomic mass is 16.2. The standard InChI is InChI=1S/C28H33N9O3/c1-19-25-31-24(20-8-4-3-5-9-20)32-36(25)17-15-34(28(40)21-18-29-37-16-14-33(2)27(21)37)12-7-11-23(38)35-13-6-10-22(35)26(39)30-19/h3-5,8-9,14,16,18-19,22H,6-7,10-13,15,17H2,1-2H3,(H,30,39)/t19-,22-/m0/s1. The molecule has 0 spiro atoms. The molecule has 12 nitrogen and oxygen atoms in total. The molecule has 3 aromatic heterocycles. The average Bonchev–Trinajstić information content (AvgIpc) is 3.75. The van der Waals surface area contributed by atoms with Crippen LogP contribution in [0.3, 0.4) is 0 Å². The van der Waals surface area contributed by atoms with Gasteiger partial charge in [0.05, 0.1) is 18.8 Å². The van der Waals surface area contributed by atoms with Crippen molar-refractivity contribution in [3.63, 3.8) is 0 Å². The number of imidazole rings is 1. The van der Waals surface area contributed by atoms with Gasteiger partial charge in [0.25, 0.3) is 5.91 Å². The zero-order valence-electron chi connectivity index (χ0n) is 22.7. The molecule has 3 amide bonds. The van der Waals surface area contributed by atoms with Crippen LogP contribution in [-0.4, -0.2) is 82.1 Å². The number of benzene rings is 1. The molecule has 208 valence electrons. The fraction of sp³-hybridized carbons (Fsp3) is 0.429. The van der Waals surface area contributed by atoms with Gasteiger partial charge in [-0.1, -0.05) is 30.3 Å². The molecular weight excluding hydrogens is 510 g/mol. The Morgan fingerprint density at radius 3 is 2.67 bits per heavy atom. The van der Waals surface area contributed by atoms with Gasteiger partial charge >= 0.3 is 0 Å². The topological polar surface area (TPSA) is 123 Å². The Hall–Kier alpha value is -4.48.